The van der Waals surface area contributed by atoms with Gasteiger partial charge in [-0.2, -0.15) is 0 Å². The number of nitro groups is 1. The zero-order valence-corrected chi connectivity index (χ0v) is 21.0. The fourth-order valence-corrected chi connectivity index (χ4v) is 6.98. The molecule has 7 heteroatoms. The summed E-state index contributed by atoms with van der Waals surface area (Å²) >= 11 is 0. The summed E-state index contributed by atoms with van der Waals surface area (Å²) in [4.78, 5) is 46.0. The second kappa shape index (κ2) is 8.30. The molecule has 4 aliphatic rings. The number of hydrogen-bond donors (Lipinski definition) is 0. The Morgan fingerprint density at radius 2 is 1.49 bits per heavy atom. The maximum Gasteiger partial charge on any atom is 0.293 e. The lowest BCUT2D eigenvalue weighted by atomic mass is 9.47. The van der Waals surface area contributed by atoms with Crippen molar-refractivity contribution in [2.24, 2.45) is 16.8 Å². The molecule has 2 amide bonds. The SMILES string of the molecule is Cc1cccc(N=CC23c4ccccc4C(c4ccccc42)[C@@H]2C(=O)N(c4ccccc4[N+](=O)[O-])C(=O)[C@H]23)c1. The molecule has 1 saturated heterocycles. The normalized spacial score (nSPS) is 24.5. The fraction of sp³-hybridized carbons (Fsp3) is 0.156. The van der Waals surface area contributed by atoms with Gasteiger partial charge in [0.05, 0.1) is 27.9 Å². The molecule has 0 spiro atoms. The Morgan fingerprint density at radius 3 is 2.15 bits per heavy atom. The van der Waals surface area contributed by atoms with Gasteiger partial charge in [0, 0.05) is 18.2 Å². The third kappa shape index (κ3) is 3.07. The standard InChI is InChI=1S/C32H23N3O4/c1-19-9-8-10-20(17-19)33-18-32-23-13-4-2-11-21(23)27(22-12-3-5-14-24(22)32)28-29(32)31(37)34(30(28)36)25-15-6-7-16-26(25)35(38)39/h2-18,27-29H,1H3/t27?,28-,29-,32?/m0/s1. The highest BCUT2D eigenvalue weighted by Gasteiger charge is 2.68. The van der Waals surface area contributed by atoms with Crippen LogP contribution in [0.15, 0.2) is 102 Å². The number of carbonyl (C=O) groups excluding carboxylic acids is 2. The topological polar surface area (TPSA) is 92.9 Å². The first-order valence-electron chi connectivity index (χ1n) is 12.9. The average molecular weight is 514 g/mol. The molecule has 2 bridgehead atoms. The van der Waals surface area contributed by atoms with Crippen LogP contribution in [-0.2, 0) is 15.0 Å². The van der Waals surface area contributed by atoms with E-state index in [9.17, 15) is 19.7 Å². The van der Waals surface area contributed by atoms with Gasteiger partial charge in [0.1, 0.15) is 5.69 Å². The number of para-hydroxylation sites is 2. The molecule has 0 unspecified atom stereocenters. The molecular weight excluding hydrogens is 490 g/mol. The van der Waals surface area contributed by atoms with Gasteiger partial charge in [-0.05, 0) is 52.9 Å². The van der Waals surface area contributed by atoms with E-state index in [1.54, 1.807) is 6.07 Å². The van der Waals surface area contributed by atoms with Gasteiger partial charge in [-0.25, -0.2) is 4.90 Å². The molecule has 1 heterocycles. The number of hydrogen-bond acceptors (Lipinski definition) is 5. The first-order chi connectivity index (χ1) is 18.9. The predicted octanol–water partition coefficient (Wildman–Crippen LogP) is 5.86. The summed E-state index contributed by atoms with van der Waals surface area (Å²) in [7, 11) is 0. The Labute approximate surface area is 224 Å². The molecule has 7 nitrogen and oxygen atoms in total. The van der Waals surface area contributed by atoms with E-state index >= 15 is 0 Å². The number of benzene rings is 4. The van der Waals surface area contributed by atoms with Gasteiger partial charge in [-0.1, -0.05) is 72.8 Å². The summed E-state index contributed by atoms with van der Waals surface area (Å²) in [6.45, 7) is 1.99. The highest BCUT2D eigenvalue weighted by atomic mass is 16.6. The zero-order valence-electron chi connectivity index (χ0n) is 21.0. The average Bonchev–Trinajstić information content (AvgIpc) is 3.22. The summed E-state index contributed by atoms with van der Waals surface area (Å²) in [5.41, 5.74) is 4.36. The van der Waals surface area contributed by atoms with E-state index in [2.05, 4.69) is 0 Å². The number of amides is 2. The molecule has 8 rings (SSSR count). The van der Waals surface area contributed by atoms with E-state index in [0.717, 1.165) is 38.4 Å². The number of aliphatic imine (C=N–C) groups is 1. The van der Waals surface area contributed by atoms with E-state index in [-0.39, 0.29) is 17.3 Å². The molecule has 39 heavy (non-hydrogen) atoms. The molecule has 1 aliphatic heterocycles. The molecule has 2 atom stereocenters. The highest BCUT2D eigenvalue weighted by molar-refractivity contribution is 6.25. The number of imide groups is 1. The monoisotopic (exact) mass is 513 g/mol. The lowest BCUT2D eigenvalue weighted by Crippen LogP contribution is -2.54. The Balaban J connectivity index is 1.51. The predicted molar refractivity (Wildman–Crippen MR) is 147 cm³/mol. The number of nitrogens with zero attached hydrogens (tertiary/aromatic N) is 3. The third-order valence-electron chi connectivity index (χ3n) is 8.42. The largest absolute Gasteiger partial charge is 0.293 e. The van der Waals surface area contributed by atoms with Crippen LogP contribution in [-0.4, -0.2) is 23.0 Å². The minimum absolute atomic E-state index is 0.00480. The molecular formula is C32H23N3O4. The van der Waals surface area contributed by atoms with E-state index in [4.69, 9.17) is 4.99 Å². The van der Waals surface area contributed by atoms with Crippen molar-refractivity contribution < 1.29 is 14.5 Å². The molecule has 190 valence electrons. The van der Waals surface area contributed by atoms with Crippen LogP contribution < -0.4 is 4.90 Å². The van der Waals surface area contributed by atoms with Crippen molar-refractivity contribution in [3.05, 3.63) is 135 Å². The van der Waals surface area contributed by atoms with Crippen LogP contribution in [0.5, 0.6) is 0 Å². The maximum atomic E-state index is 14.4. The number of carbonyl (C=O) groups is 2. The first kappa shape index (κ1) is 23.2. The van der Waals surface area contributed by atoms with Crippen molar-refractivity contribution in [3.8, 4) is 0 Å². The van der Waals surface area contributed by atoms with Crippen molar-refractivity contribution in [1.82, 2.24) is 0 Å². The summed E-state index contributed by atoms with van der Waals surface area (Å²) in [5.74, 6) is -2.72. The number of nitro benzene ring substituents is 1. The Hall–Kier alpha value is -4.91. The fourth-order valence-electron chi connectivity index (χ4n) is 6.98. The summed E-state index contributed by atoms with van der Waals surface area (Å²) in [6.07, 6.45) is 1.83. The second-order valence-electron chi connectivity index (χ2n) is 10.4. The minimum atomic E-state index is -1.03. The van der Waals surface area contributed by atoms with Crippen molar-refractivity contribution in [2.75, 3.05) is 4.90 Å². The maximum absolute atomic E-state index is 14.4. The van der Waals surface area contributed by atoms with Crippen molar-refractivity contribution in [3.63, 3.8) is 0 Å². The Kier molecular flexibility index (Phi) is 4.94. The minimum Gasteiger partial charge on any atom is -0.274 e. The van der Waals surface area contributed by atoms with Crippen LogP contribution in [0.25, 0.3) is 0 Å². The lowest BCUT2D eigenvalue weighted by molar-refractivity contribution is -0.384. The van der Waals surface area contributed by atoms with Gasteiger partial charge in [-0.15, -0.1) is 0 Å². The zero-order chi connectivity index (χ0) is 26.9. The third-order valence-corrected chi connectivity index (χ3v) is 8.42. The van der Waals surface area contributed by atoms with E-state index in [0.29, 0.717) is 0 Å². The molecule has 4 aromatic carbocycles. The number of rotatable bonds is 4. The second-order valence-corrected chi connectivity index (χ2v) is 10.4. The van der Waals surface area contributed by atoms with Crippen LogP contribution in [0.1, 0.15) is 33.7 Å². The quantitative estimate of drug-likeness (QED) is 0.148. The summed E-state index contributed by atoms with van der Waals surface area (Å²) < 4.78 is 0. The molecule has 0 aromatic heterocycles. The number of aryl methyl sites for hydroxylation is 1. The van der Waals surface area contributed by atoms with Crippen LogP contribution >= 0.6 is 0 Å². The van der Waals surface area contributed by atoms with E-state index in [1.807, 2.05) is 85.9 Å². The van der Waals surface area contributed by atoms with Crippen LogP contribution in [0, 0.1) is 28.9 Å². The smallest absolute Gasteiger partial charge is 0.274 e. The molecule has 3 aliphatic carbocycles. The summed E-state index contributed by atoms with van der Waals surface area (Å²) in [6, 6.07) is 29.6. The molecule has 0 radical (unpaired) electrons. The molecule has 1 fully saturated rings. The van der Waals surface area contributed by atoms with Gasteiger partial charge in [0.15, 0.2) is 0 Å². The lowest BCUT2D eigenvalue weighted by Gasteiger charge is -2.52. The summed E-state index contributed by atoms with van der Waals surface area (Å²) in [5, 5.41) is 11.9. The van der Waals surface area contributed by atoms with Crippen LogP contribution in [0.3, 0.4) is 0 Å². The van der Waals surface area contributed by atoms with Gasteiger partial charge in [0.25, 0.3) is 5.69 Å². The Bertz CT molecular complexity index is 1700. The first-order valence-corrected chi connectivity index (χ1v) is 12.9. The van der Waals surface area contributed by atoms with Crippen LogP contribution in [0.2, 0.25) is 0 Å². The molecule has 0 N–H and O–H groups in total. The highest BCUT2D eigenvalue weighted by Crippen LogP contribution is 2.64. The van der Waals surface area contributed by atoms with Crippen molar-refractivity contribution in [2.45, 2.75) is 18.3 Å². The van der Waals surface area contributed by atoms with Gasteiger partial charge in [-0.3, -0.25) is 24.7 Å². The van der Waals surface area contributed by atoms with Gasteiger partial charge < -0.3 is 0 Å². The van der Waals surface area contributed by atoms with Crippen molar-refractivity contribution >= 4 is 35.1 Å². The van der Waals surface area contributed by atoms with Crippen molar-refractivity contribution in [1.29, 1.82) is 0 Å². The van der Waals surface area contributed by atoms with Gasteiger partial charge in [0.2, 0.25) is 11.8 Å². The van der Waals surface area contributed by atoms with Crippen LogP contribution in [0.4, 0.5) is 17.1 Å². The van der Waals surface area contributed by atoms with E-state index < -0.39 is 34.0 Å². The molecule has 0 saturated carbocycles. The van der Waals surface area contributed by atoms with E-state index in [1.165, 1.54) is 18.2 Å². The number of anilines is 1. The molecule has 4 aromatic rings. The van der Waals surface area contributed by atoms with Gasteiger partial charge >= 0.3 is 0 Å². The Morgan fingerprint density at radius 1 is 0.846 bits per heavy atom.